The number of nitrogens with zero attached hydrogens (tertiary/aromatic N) is 2. The number of piperidine rings is 1. The number of likely N-dealkylation sites (tertiary alicyclic amines) is 1. The lowest BCUT2D eigenvalue weighted by Crippen LogP contribution is -2.38. The lowest BCUT2D eigenvalue weighted by molar-refractivity contribution is -0.127. The molecule has 2 heterocycles. The number of rotatable bonds is 3. The number of amides is 1. The minimum absolute atomic E-state index is 0.00902. The number of aromatic nitrogens is 2. The number of carbonyl (C=O) groups excluding carboxylic acids is 1. The van der Waals surface area contributed by atoms with Crippen LogP contribution in [-0.4, -0.2) is 34.1 Å². The Labute approximate surface area is 145 Å². The van der Waals surface area contributed by atoms with Crippen LogP contribution in [0.5, 0.6) is 0 Å². The molecule has 1 saturated heterocycles. The number of H-pyrrole nitrogens is 1. The molecule has 3 rings (SSSR count). The Bertz CT molecular complexity index is 713. The molecule has 1 atom stereocenters. The highest BCUT2D eigenvalue weighted by Gasteiger charge is 2.24. The highest BCUT2D eigenvalue weighted by molar-refractivity contribution is 6.42. The van der Waals surface area contributed by atoms with Gasteiger partial charge in [0.1, 0.15) is 0 Å². The van der Waals surface area contributed by atoms with Crippen LogP contribution in [-0.2, 0) is 4.79 Å². The molecular formula is C17H17Cl2N3O. The molecule has 1 unspecified atom stereocenters. The number of hydrogen-bond donors (Lipinski definition) is 1. The predicted molar refractivity (Wildman–Crippen MR) is 92.6 cm³/mol. The summed E-state index contributed by atoms with van der Waals surface area (Å²) >= 11 is 12.1. The van der Waals surface area contributed by atoms with Gasteiger partial charge >= 0.3 is 0 Å². The minimum atomic E-state index is -0.00902. The maximum Gasteiger partial charge on any atom is 0.246 e. The van der Waals surface area contributed by atoms with E-state index in [-0.39, 0.29) is 5.91 Å². The zero-order chi connectivity index (χ0) is 16.2. The van der Waals surface area contributed by atoms with E-state index < -0.39 is 0 Å². The van der Waals surface area contributed by atoms with Crippen molar-refractivity contribution in [3.05, 3.63) is 57.8 Å². The summed E-state index contributed by atoms with van der Waals surface area (Å²) in [7, 11) is 0. The third-order valence-electron chi connectivity index (χ3n) is 4.08. The fourth-order valence-corrected chi connectivity index (χ4v) is 3.21. The Balaban J connectivity index is 1.68. The molecule has 1 aliphatic heterocycles. The van der Waals surface area contributed by atoms with E-state index in [1.807, 2.05) is 23.1 Å². The van der Waals surface area contributed by atoms with E-state index in [2.05, 4.69) is 10.2 Å². The highest BCUT2D eigenvalue weighted by Crippen LogP contribution is 2.27. The van der Waals surface area contributed by atoms with Crippen molar-refractivity contribution in [1.82, 2.24) is 15.1 Å². The van der Waals surface area contributed by atoms with Crippen LogP contribution in [0.2, 0.25) is 10.0 Å². The topological polar surface area (TPSA) is 49.0 Å². The normalized spacial score (nSPS) is 18.5. The van der Waals surface area contributed by atoms with E-state index in [0.717, 1.165) is 30.6 Å². The molecule has 4 nitrogen and oxygen atoms in total. The van der Waals surface area contributed by atoms with Gasteiger partial charge < -0.3 is 4.90 Å². The van der Waals surface area contributed by atoms with Gasteiger partial charge in [-0.25, -0.2) is 0 Å². The SMILES string of the molecule is O=C(C=Cc1cccc(Cl)c1Cl)N1CCCC(c2ccn[nH]2)C1. The number of nitrogens with one attached hydrogen (secondary N) is 1. The van der Waals surface area contributed by atoms with Gasteiger partial charge in [-0.3, -0.25) is 9.89 Å². The zero-order valence-electron chi connectivity index (χ0n) is 12.5. The third kappa shape index (κ3) is 3.77. The van der Waals surface area contributed by atoms with Gasteiger partial charge in [0.05, 0.1) is 10.0 Å². The second-order valence-electron chi connectivity index (χ2n) is 5.61. The Morgan fingerprint density at radius 2 is 2.22 bits per heavy atom. The molecule has 1 aromatic carbocycles. The van der Waals surface area contributed by atoms with E-state index in [1.54, 1.807) is 24.4 Å². The van der Waals surface area contributed by atoms with Gasteiger partial charge in [0.2, 0.25) is 5.91 Å². The first-order valence-electron chi connectivity index (χ1n) is 7.55. The van der Waals surface area contributed by atoms with Crippen LogP contribution in [0.3, 0.4) is 0 Å². The van der Waals surface area contributed by atoms with Crippen molar-refractivity contribution in [2.45, 2.75) is 18.8 Å². The predicted octanol–water partition coefficient (Wildman–Crippen LogP) is 4.14. The summed E-state index contributed by atoms with van der Waals surface area (Å²) in [6.07, 6.45) is 7.08. The fourth-order valence-electron chi connectivity index (χ4n) is 2.84. The van der Waals surface area contributed by atoms with Crippen LogP contribution in [0.1, 0.15) is 30.0 Å². The van der Waals surface area contributed by atoms with Crippen molar-refractivity contribution in [3.8, 4) is 0 Å². The van der Waals surface area contributed by atoms with Gasteiger partial charge in [-0.15, -0.1) is 0 Å². The van der Waals surface area contributed by atoms with Gasteiger partial charge in [-0.1, -0.05) is 35.3 Å². The molecule has 1 aromatic heterocycles. The van der Waals surface area contributed by atoms with Crippen molar-refractivity contribution < 1.29 is 4.79 Å². The molecule has 1 aliphatic rings. The minimum Gasteiger partial charge on any atom is -0.338 e. The summed E-state index contributed by atoms with van der Waals surface area (Å²) in [4.78, 5) is 14.3. The zero-order valence-corrected chi connectivity index (χ0v) is 14.0. The molecule has 0 spiro atoms. The van der Waals surface area contributed by atoms with Gasteiger partial charge in [-0.05, 0) is 36.6 Å². The molecule has 0 aliphatic carbocycles. The number of benzene rings is 1. The van der Waals surface area contributed by atoms with E-state index >= 15 is 0 Å². The molecule has 0 bridgehead atoms. The molecule has 6 heteroatoms. The second kappa shape index (κ2) is 7.20. The molecule has 1 fully saturated rings. The van der Waals surface area contributed by atoms with Crippen LogP contribution in [0, 0.1) is 0 Å². The van der Waals surface area contributed by atoms with Gasteiger partial charge in [-0.2, -0.15) is 5.10 Å². The Hall–Kier alpha value is -1.78. The molecule has 2 aromatic rings. The second-order valence-corrected chi connectivity index (χ2v) is 6.40. The first-order valence-corrected chi connectivity index (χ1v) is 8.31. The monoisotopic (exact) mass is 349 g/mol. The van der Waals surface area contributed by atoms with Crippen LogP contribution < -0.4 is 0 Å². The van der Waals surface area contributed by atoms with Crippen LogP contribution >= 0.6 is 23.2 Å². The Kier molecular flexibility index (Phi) is 5.03. The molecule has 1 N–H and O–H groups in total. The van der Waals surface area contributed by atoms with Gasteiger partial charge in [0, 0.05) is 37.0 Å². The number of halogens is 2. The average molecular weight is 350 g/mol. The van der Waals surface area contributed by atoms with Crippen molar-refractivity contribution >= 4 is 35.2 Å². The van der Waals surface area contributed by atoms with Crippen molar-refractivity contribution in [2.24, 2.45) is 0 Å². The van der Waals surface area contributed by atoms with Crippen molar-refractivity contribution in [1.29, 1.82) is 0 Å². The van der Waals surface area contributed by atoms with Gasteiger partial charge in [0.15, 0.2) is 0 Å². The van der Waals surface area contributed by atoms with Crippen LogP contribution in [0.25, 0.3) is 6.08 Å². The van der Waals surface area contributed by atoms with E-state index in [4.69, 9.17) is 23.2 Å². The maximum atomic E-state index is 12.4. The lowest BCUT2D eigenvalue weighted by Gasteiger charge is -2.31. The first kappa shape index (κ1) is 16.1. The van der Waals surface area contributed by atoms with E-state index in [0.29, 0.717) is 22.5 Å². The smallest absolute Gasteiger partial charge is 0.246 e. The van der Waals surface area contributed by atoms with E-state index in [1.165, 1.54) is 0 Å². The summed E-state index contributed by atoms with van der Waals surface area (Å²) in [5, 5.41) is 7.94. The molecule has 1 amide bonds. The molecular weight excluding hydrogens is 333 g/mol. The fraction of sp³-hybridized carbons (Fsp3) is 0.294. The molecule has 0 radical (unpaired) electrons. The standard InChI is InChI=1S/C17H17Cl2N3O/c18-14-5-1-3-12(17(14)19)6-7-16(23)22-10-2-4-13(11-22)15-8-9-20-21-15/h1,3,5-9,13H,2,4,10-11H2,(H,20,21). The summed E-state index contributed by atoms with van der Waals surface area (Å²) in [5.41, 5.74) is 1.83. The maximum absolute atomic E-state index is 12.4. The first-order chi connectivity index (χ1) is 11.1. The Morgan fingerprint density at radius 1 is 1.35 bits per heavy atom. The molecule has 23 heavy (non-hydrogen) atoms. The quantitative estimate of drug-likeness (QED) is 0.846. The summed E-state index contributed by atoms with van der Waals surface area (Å²) in [5.74, 6) is 0.309. The van der Waals surface area contributed by atoms with Crippen LogP contribution in [0.4, 0.5) is 0 Å². The summed E-state index contributed by atoms with van der Waals surface area (Å²) in [6.45, 7) is 1.48. The lowest BCUT2D eigenvalue weighted by atomic mass is 9.95. The van der Waals surface area contributed by atoms with Crippen LogP contribution in [0.15, 0.2) is 36.5 Å². The summed E-state index contributed by atoms with van der Waals surface area (Å²) in [6, 6.07) is 7.35. The number of aromatic amines is 1. The summed E-state index contributed by atoms with van der Waals surface area (Å²) < 4.78 is 0. The number of carbonyl (C=O) groups is 1. The van der Waals surface area contributed by atoms with Gasteiger partial charge in [0.25, 0.3) is 0 Å². The van der Waals surface area contributed by atoms with E-state index in [9.17, 15) is 4.79 Å². The van der Waals surface area contributed by atoms with Crippen molar-refractivity contribution in [3.63, 3.8) is 0 Å². The molecule has 0 saturated carbocycles. The third-order valence-corrected chi connectivity index (χ3v) is 4.92. The average Bonchev–Trinajstić information content (AvgIpc) is 3.10. The largest absolute Gasteiger partial charge is 0.338 e. The Morgan fingerprint density at radius 3 is 3.00 bits per heavy atom. The van der Waals surface area contributed by atoms with Crippen molar-refractivity contribution in [2.75, 3.05) is 13.1 Å². The highest BCUT2D eigenvalue weighted by atomic mass is 35.5. The molecule has 120 valence electrons. The number of hydrogen-bond acceptors (Lipinski definition) is 2.